The largest absolute Gasteiger partial charge is 0.352 e. The van der Waals surface area contributed by atoms with Gasteiger partial charge in [0.1, 0.15) is 0 Å². The maximum atomic E-state index is 12.6. The number of amides is 2. The van der Waals surface area contributed by atoms with Gasteiger partial charge in [-0.15, -0.1) is 0 Å². The highest BCUT2D eigenvalue weighted by Gasteiger charge is 2.23. The smallest absolute Gasteiger partial charge is 0.254 e. The lowest BCUT2D eigenvalue weighted by molar-refractivity contribution is -0.132. The average molecular weight is 411 g/mol. The van der Waals surface area contributed by atoms with Gasteiger partial charge in [-0.25, -0.2) is 0 Å². The number of carbonyl (C=O) groups excluding carboxylic acids is 2. The second-order valence-corrected chi connectivity index (χ2v) is 9.38. The SMILES string of the molecule is Cn1cc(C(=O)NCC2CCN(C(=O)CCc3ccc(C(C)(C)C)cc3)CC2)cn1. The first kappa shape index (κ1) is 22.1. The molecule has 6 heteroatoms. The molecule has 1 fully saturated rings. The van der Waals surface area contributed by atoms with E-state index in [9.17, 15) is 9.59 Å². The van der Waals surface area contributed by atoms with E-state index in [0.29, 0.717) is 24.4 Å². The van der Waals surface area contributed by atoms with E-state index in [2.05, 4.69) is 55.5 Å². The fourth-order valence-corrected chi connectivity index (χ4v) is 3.84. The third kappa shape index (κ3) is 5.94. The zero-order chi connectivity index (χ0) is 21.7. The molecule has 0 unspecified atom stereocenters. The van der Waals surface area contributed by atoms with Crippen molar-refractivity contribution < 1.29 is 9.59 Å². The Morgan fingerprint density at radius 2 is 1.80 bits per heavy atom. The number of rotatable bonds is 6. The lowest BCUT2D eigenvalue weighted by Gasteiger charge is -2.32. The average Bonchev–Trinajstić information content (AvgIpc) is 3.16. The van der Waals surface area contributed by atoms with Crippen LogP contribution in [0.1, 0.15) is 61.5 Å². The summed E-state index contributed by atoms with van der Waals surface area (Å²) in [4.78, 5) is 26.7. The van der Waals surface area contributed by atoms with E-state index < -0.39 is 0 Å². The van der Waals surface area contributed by atoms with E-state index in [1.54, 1.807) is 24.1 Å². The van der Waals surface area contributed by atoms with Gasteiger partial charge >= 0.3 is 0 Å². The first-order valence-corrected chi connectivity index (χ1v) is 10.9. The highest BCUT2D eigenvalue weighted by atomic mass is 16.2. The molecule has 0 atom stereocenters. The van der Waals surface area contributed by atoms with Crippen LogP contribution >= 0.6 is 0 Å². The van der Waals surface area contributed by atoms with Gasteiger partial charge in [-0.1, -0.05) is 45.0 Å². The van der Waals surface area contributed by atoms with Crippen LogP contribution in [0.15, 0.2) is 36.7 Å². The number of aryl methyl sites for hydroxylation is 2. The van der Waals surface area contributed by atoms with E-state index in [4.69, 9.17) is 0 Å². The molecular weight excluding hydrogens is 376 g/mol. The number of hydrogen-bond donors (Lipinski definition) is 1. The molecule has 0 saturated carbocycles. The van der Waals surface area contributed by atoms with Gasteiger partial charge in [-0.2, -0.15) is 5.10 Å². The summed E-state index contributed by atoms with van der Waals surface area (Å²) >= 11 is 0. The molecule has 30 heavy (non-hydrogen) atoms. The fraction of sp³-hybridized carbons (Fsp3) is 0.542. The zero-order valence-electron chi connectivity index (χ0n) is 18.6. The molecule has 0 bridgehead atoms. The number of piperidine rings is 1. The molecule has 1 aromatic heterocycles. The van der Waals surface area contributed by atoms with Gasteiger partial charge in [0.15, 0.2) is 0 Å². The van der Waals surface area contributed by atoms with Crippen molar-refractivity contribution in [2.24, 2.45) is 13.0 Å². The summed E-state index contributed by atoms with van der Waals surface area (Å²) in [6.45, 7) is 8.82. The minimum Gasteiger partial charge on any atom is -0.352 e. The van der Waals surface area contributed by atoms with Crippen LogP contribution in [0.3, 0.4) is 0 Å². The van der Waals surface area contributed by atoms with Gasteiger partial charge in [0.25, 0.3) is 5.91 Å². The summed E-state index contributed by atoms with van der Waals surface area (Å²) in [6.07, 6.45) is 6.49. The Labute approximate surface area is 179 Å². The molecule has 1 N–H and O–H groups in total. The molecule has 0 spiro atoms. The Hall–Kier alpha value is -2.63. The molecule has 162 valence electrons. The molecule has 2 aromatic rings. The van der Waals surface area contributed by atoms with Crippen molar-refractivity contribution in [2.45, 2.75) is 51.9 Å². The Balaban J connectivity index is 1.38. The second-order valence-electron chi connectivity index (χ2n) is 9.38. The second kappa shape index (κ2) is 9.45. The molecule has 2 amide bonds. The van der Waals surface area contributed by atoms with Crippen molar-refractivity contribution in [3.05, 3.63) is 53.3 Å². The number of carbonyl (C=O) groups is 2. The lowest BCUT2D eigenvalue weighted by Crippen LogP contribution is -2.41. The molecular formula is C24H34N4O2. The van der Waals surface area contributed by atoms with Crippen molar-refractivity contribution in [1.29, 1.82) is 0 Å². The summed E-state index contributed by atoms with van der Waals surface area (Å²) in [5.41, 5.74) is 3.26. The van der Waals surface area contributed by atoms with Crippen LogP contribution in [0.25, 0.3) is 0 Å². The number of hydrogen-bond acceptors (Lipinski definition) is 3. The van der Waals surface area contributed by atoms with Crippen molar-refractivity contribution in [3.63, 3.8) is 0 Å². The number of nitrogens with zero attached hydrogens (tertiary/aromatic N) is 3. The molecule has 0 radical (unpaired) electrons. The van der Waals surface area contributed by atoms with E-state index in [-0.39, 0.29) is 17.2 Å². The molecule has 6 nitrogen and oxygen atoms in total. The first-order chi connectivity index (χ1) is 14.2. The van der Waals surface area contributed by atoms with Crippen LogP contribution in [0.2, 0.25) is 0 Å². The topological polar surface area (TPSA) is 67.2 Å². The van der Waals surface area contributed by atoms with E-state index in [1.165, 1.54) is 11.1 Å². The Morgan fingerprint density at radius 3 is 2.37 bits per heavy atom. The van der Waals surface area contributed by atoms with Crippen molar-refractivity contribution >= 4 is 11.8 Å². The van der Waals surface area contributed by atoms with Crippen LogP contribution < -0.4 is 5.32 Å². The summed E-state index contributed by atoms with van der Waals surface area (Å²) in [7, 11) is 1.80. The number of aromatic nitrogens is 2. The van der Waals surface area contributed by atoms with Gasteiger partial charge in [0.2, 0.25) is 5.91 Å². The first-order valence-electron chi connectivity index (χ1n) is 10.9. The Morgan fingerprint density at radius 1 is 1.13 bits per heavy atom. The van der Waals surface area contributed by atoms with Crippen LogP contribution in [-0.2, 0) is 23.7 Å². The molecule has 2 heterocycles. The van der Waals surface area contributed by atoms with Crippen LogP contribution in [-0.4, -0.2) is 46.1 Å². The quantitative estimate of drug-likeness (QED) is 0.794. The van der Waals surface area contributed by atoms with Gasteiger partial charge < -0.3 is 10.2 Å². The molecule has 0 aliphatic carbocycles. The van der Waals surface area contributed by atoms with Crippen LogP contribution in [0, 0.1) is 5.92 Å². The number of likely N-dealkylation sites (tertiary alicyclic amines) is 1. The Kier molecular flexibility index (Phi) is 6.95. The molecule has 1 aliphatic heterocycles. The Bertz CT molecular complexity index is 856. The van der Waals surface area contributed by atoms with Gasteiger partial charge in [-0.3, -0.25) is 14.3 Å². The summed E-state index contributed by atoms with van der Waals surface area (Å²) in [6, 6.07) is 8.63. The summed E-state index contributed by atoms with van der Waals surface area (Å²) in [5, 5.41) is 7.02. The van der Waals surface area contributed by atoms with Crippen molar-refractivity contribution in [2.75, 3.05) is 19.6 Å². The van der Waals surface area contributed by atoms with E-state index in [1.807, 2.05) is 4.90 Å². The van der Waals surface area contributed by atoms with E-state index in [0.717, 1.165) is 32.4 Å². The van der Waals surface area contributed by atoms with Crippen LogP contribution in [0.4, 0.5) is 0 Å². The van der Waals surface area contributed by atoms with Gasteiger partial charge in [0, 0.05) is 39.3 Å². The molecule has 1 aromatic carbocycles. The maximum Gasteiger partial charge on any atom is 0.254 e. The minimum atomic E-state index is -0.0842. The maximum absolute atomic E-state index is 12.6. The minimum absolute atomic E-state index is 0.0842. The predicted molar refractivity (Wildman–Crippen MR) is 118 cm³/mol. The third-order valence-corrected chi connectivity index (χ3v) is 5.93. The number of benzene rings is 1. The van der Waals surface area contributed by atoms with Crippen LogP contribution in [0.5, 0.6) is 0 Å². The van der Waals surface area contributed by atoms with Gasteiger partial charge in [-0.05, 0) is 41.7 Å². The summed E-state index contributed by atoms with van der Waals surface area (Å²) in [5.74, 6) is 0.562. The lowest BCUT2D eigenvalue weighted by atomic mass is 9.86. The normalized spacial score (nSPS) is 15.3. The molecule has 3 rings (SSSR count). The molecule has 1 aliphatic rings. The monoisotopic (exact) mass is 410 g/mol. The van der Waals surface area contributed by atoms with Gasteiger partial charge in [0.05, 0.1) is 11.8 Å². The van der Waals surface area contributed by atoms with Crippen molar-refractivity contribution in [3.8, 4) is 0 Å². The molecule has 1 saturated heterocycles. The summed E-state index contributed by atoms with van der Waals surface area (Å²) < 4.78 is 1.62. The third-order valence-electron chi connectivity index (χ3n) is 5.93. The van der Waals surface area contributed by atoms with Crippen molar-refractivity contribution in [1.82, 2.24) is 20.0 Å². The highest BCUT2D eigenvalue weighted by molar-refractivity contribution is 5.93. The zero-order valence-corrected chi connectivity index (χ0v) is 18.6. The fourth-order valence-electron chi connectivity index (χ4n) is 3.84. The predicted octanol–water partition coefficient (Wildman–Crippen LogP) is 3.32. The van der Waals surface area contributed by atoms with E-state index >= 15 is 0 Å². The standard InChI is InChI=1S/C24H34N4O2/c1-24(2,3)21-8-5-18(6-9-21)7-10-22(29)28-13-11-19(12-14-28)15-25-23(30)20-16-26-27(4)17-20/h5-6,8-9,16-17,19H,7,10-15H2,1-4H3,(H,25,30). The number of nitrogens with one attached hydrogen (secondary N) is 1. The highest BCUT2D eigenvalue weighted by Crippen LogP contribution is 2.23.